The van der Waals surface area contributed by atoms with Crippen LogP contribution in [0, 0.1) is 5.92 Å². The van der Waals surface area contributed by atoms with Crippen LogP contribution in [0.4, 0.5) is 28.8 Å². The summed E-state index contributed by atoms with van der Waals surface area (Å²) in [5.74, 6) is 2.63. The summed E-state index contributed by atoms with van der Waals surface area (Å²) in [7, 11) is -2.19. The number of hydrogen-bond donors (Lipinski definition) is 6. The zero-order chi connectivity index (χ0) is 49.0. The number of aromatic nitrogens is 2. The summed E-state index contributed by atoms with van der Waals surface area (Å²) in [6.07, 6.45) is 6.34. The number of rotatable bonds is 22. The fourth-order valence-electron chi connectivity index (χ4n) is 8.54. The lowest BCUT2D eigenvalue weighted by Gasteiger charge is -2.44. The highest BCUT2D eigenvalue weighted by Crippen LogP contribution is 2.49. The quantitative estimate of drug-likeness (QED) is 0.0408. The number of nitrogens with zero attached hydrogens (tertiary/aromatic N) is 4. The Morgan fingerprint density at radius 3 is 2.24 bits per heavy atom. The molecular formula is C50H58BrN9O9S. The SMILES string of the molecule is CN(CCCNc1nc(Nc2ccc(OCCNC(=O)COCCNC(=O)c3ccc(S(=O)(=O)N[C@@H]4CCCC(N5c6ccccc6Oc6ccccc65)[C@H]4O)cc3)cc2)ncc1Br)C(=O)C1CCC1. The number of nitrogens with one attached hydrogen (secondary N) is 5. The number of ether oxygens (including phenoxy) is 3. The van der Waals surface area contributed by atoms with E-state index in [-0.39, 0.29) is 61.1 Å². The second-order valence-electron chi connectivity index (χ2n) is 17.4. The summed E-state index contributed by atoms with van der Waals surface area (Å²) in [5.41, 5.74) is 2.60. The van der Waals surface area contributed by atoms with Crippen molar-refractivity contribution < 1.29 is 42.1 Å². The molecule has 0 radical (unpaired) electrons. The van der Waals surface area contributed by atoms with Crippen LogP contribution in [0.2, 0.25) is 0 Å². The topological polar surface area (TPSA) is 226 Å². The van der Waals surface area contributed by atoms with Gasteiger partial charge in [-0.1, -0.05) is 30.7 Å². The highest BCUT2D eigenvalue weighted by atomic mass is 79.9. The number of benzene rings is 4. The second-order valence-corrected chi connectivity index (χ2v) is 19.9. The van der Waals surface area contributed by atoms with E-state index in [0.717, 1.165) is 47.2 Å². The van der Waals surface area contributed by atoms with Gasteiger partial charge in [0.1, 0.15) is 24.8 Å². The molecule has 0 spiro atoms. The Morgan fingerprint density at radius 1 is 0.857 bits per heavy atom. The number of para-hydroxylation sites is 4. The van der Waals surface area contributed by atoms with E-state index in [1.54, 1.807) is 18.3 Å². The molecule has 370 valence electrons. The third-order valence-electron chi connectivity index (χ3n) is 12.5. The molecule has 1 aromatic heterocycles. The van der Waals surface area contributed by atoms with Gasteiger partial charge < -0.3 is 50.4 Å². The van der Waals surface area contributed by atoms with E-state index in [9.17, 15) is 27.9 Å². The lowest BCUT2D eigenvalue weighted by atomic mass is 9.84. The van der Waals surface area contributed by atoms with E-state index in [0.29, 0.717) is 61.4 Å². The van der Waals surface area contributed by atoms with Crippen LogP contribution in [0.25, 0.3) is 0 Å². The highest BCUT2D eigenvalue weighted by molar-refractivity contribution is 9.10. The van der Waals surface area contributed by atoms with E-state index >= 15 is 0 Å². The molecular weight excluding hydrogens is 983 g/mol. The van der Waals surface area contributed by atoms with E-state index in [4.69, 9.17) is 14.2 Å². The largest absolute Gasteiger partial charge is 0.492 e. The smallest absolute Gasteiger partial charge is 0.251 e. The first-order valence-corrected chi connectivity index (χ1v) is 25.8. The first kappa shape index (κ1) is 50.1. The summed E-state index contributed by atoms with van der Waals surface area (Å²) >= 11 is 3.50. The number of hydrogen-bond acceptors (Lipinski definition) is 14. The van der Waals surface area contributed by atoms with Gasteiger partial charge in [-0.25, -0.2) is 18.1 Å². The maximum absolute atomic E-state index is 13.6. The van der Waals surface area contributed by atoms with Gasteiger partial charge >= 0.3 is 0 Å². The van der Waals surface area contributed by atoms with Crippen molar-refractivity contribution >= 4 is 72.5 Å². The number of amides is 3. The number of carbonyl (C=O) groups excluding carboxylic acids is 3. The van der Waals surface area contributed by atoms with Gasteiger partial charge in [0.15, 0.2) is 11.5 Å². The van der Waals surface area contributed by atoms with Crippen LogP contribution < -0.4 is 40.4 Å². The third-order valence-corrected chi connectivity index (χ3v) is 14.5. The highest BCUT2D eigenvalue weighted by Gasteiger charge is 2.41. The maximum atomic E-state index is 13.6. The van der Waals surface area contributed by atoms with Gasteiger partial charge in [-0.05, 0) is 127 Å². The Kier molecular flexibility index (Phi) is 16.8. The Hall–Kier alpha value is -6.32. The van der Waals surface area contributed by atoms with Gasteiger partial charge in [-0.3, -0.25) is 14.4 Å². The fourth-order valence-corrected chi connectivity index (χ4v) is 10.2. The molecule has 5 aromatic rings. The van der Waals surface area contributed by atoms with Crippen LogP contribution in [-0.2, 0) is 24.3 Å². The third kappa shape index (κ3) is 12.7. The molecule has 2 heterocycles. The molecule has 1 aliphatic heterocycles. The Labute approximate surface area is 416 Å². The summed E-state index contributed by atoms with van der Waals surface area (Å²) in [5, 5.41) is 23.6. The summed E-state index contributed by atoms with van der Waals surface area (Å²) in [4.78, 5) is 50.3. The van der Waals surface area contributed by atoms with Crippen molar-refractivity contribution in [2.75, 3.05) is 68.6 Å². The molecule has 3 aliphatic rings. The molecule has 8 rings (SSSR count). The average molecular weight is 1040 g/mol. The fraction of sp³-hybridized carbons (Fsp3) is 0.380. The van der Waals surface area contributed by atoms with Crippen LogP contribution in [0.15, 0.2) is 113 Å². The summed E-state index contributed by atoms with van der Waals surface area (Å²) in [6.45, 7) is 1.77. The molecule has 0 bridgehead atoms. The van der Waals surface area contributed by atoms with Crippen molar-refractivity contribution in [3.05, 3.63) is 113 Å². The first-order chi connectivity index (χ1) is 33.9. The molecule has 4 aromatic carbocycles. The van der Waals surface area contributed by atoms with Crippen LogP contribution in [0.5, 0.6) is 17.2 Å². The number of aliphatic hydroxyl groups is 1. The summed E-state index contributed by atoms with van der Waals surface area (Å²) in [6, 6.07) is 26.8. The lowest BCUT2D eigenvalue weighted by Crippen LogP contribution is -2.56. The maximum Gasteiger partial charge on any atom is 0.251 e. The van der Waals surface area contributed by atoms with Crippen LogP contribution in [0.1, 0.15) is 55.3 Å². The van der Waals surface area contributed by atoms with Crippen LogP contribution in [-0.4, -0.2) is 117 Å². The lowest BCUT2D eigenvalue weighted by molar-refractivity contribution is -0.136. The van der Waals surface area contributed by atoms with Crippen LogP contribution in [0.3, 0.4) is 0 Å². The molecule has 1 unspecified atom stereocenters. The molecule has 20 heteroatoms. The number of carbonyl (C=O) groups is 3. The zero-order valence-electron chi connectivity index (χ0n) is 38.8. The van der Waals surface area contributed by atoms with Crippen molar-refractivity contribution in [3.8, 4) is 17.2 Å². The van der Waals surface area contributed by atoms with E-state index in [1.165, 1.54) is 24.3 Å². The van der Waals surface area contributed by atoms with Gasteiger partial charge in [0.25, 0.3) is 5.91 Å². The summed E-state index contributed by atoms with van der Waals surface area (Å²) < 4.78 is 47.9. The second kappa shape index (κ2) is 23.5. The van der Waals surface area contributed by atoms with Crippen molar-refractivity contribution in [1.82, 2.24) is 30.2 Å². The van der Waals surface area contributed by atoms with Gasteiger partial charge in [0, 0.05) is 50.0 Å². The standard InChI is InChI=1S/C50H58BrN9O9S/c1-59(49(64)34-9-6-10-34)28-8-25-53-47-38(51)31-55-50(57-47)56-35-19-21-36(22-20-35)68-30-27-52-45(61)32-67-29-26-54-48(63)33-17-23-37(24-18-33)70(65,66)58-39-11-7-14-42(46(39)62)60-40-12-2-4-15-43(40)69-44-16-5-3-13-41(44)60/h2-5,12-13,15-24,31,34,39,42,46,58,62H,6-11,14,25-30,32H2,1H3,(H,52,61)(H,54,63)(H2,53,55,56,57)/t39-,42?,46+/m1/s1. The molecule has 18 nitrogen and oxygen atoms in total. The van der Waals surface area contributed by atoms with E-state index in [1.807, 2.05) is 77.5 Å². The first-order valence-electron chi connectivity index (χ1n) is 23.5. The molecule has 2 saturated carbocycles. The molecule has 70 heavy (non-hydrogen) atoms. The van der Waals surface area contributed by atoms with Crippen molar-refractivity contribution in [3.63, 3.8) is 0 Å². The van der Waals surface area contributed by atoms with Crippen molar-refractivity contribution in [1.29, 1.82) is 0 Å². The van der Waals surface area contributed by atoms with Gasteiger partial charge in [-0.15, -0.1) is 0 Å². The van der Waals surface area contributed by atoms with Crippen molar-refractivity contribution in [2.24, 2.45) is 5.92 Å². The van der Waals surface area contributed by atoms with E-state index < -0.39 is 34.1 Å². The van der Waals surface area contributed by atoms with Gasteiger partial charge in [0.2, 0.25) is 27.8 Å². The predicted octanol–water partition coefficient (Wildman–Crippen LogP) is 6.49. The normalized spacial score (nSPS) is 17.5. The number of anilines is 5. The minimum absolute atomic E-state index is 0.0351. The molecule has 2 aliphatic carbocycles. The monoisotopic (exact) mass is 1040 g/mol. The Bertz CT molecular complexity index is 2670. The molecule has 3 amide bonds. The molecule has 2 fully saturated rings. The molecule has 0 saturated heterocycles. The Balaban J connectivity index is 0.698. The number of sulfonamides is 1. The van der Waals surface area contributed by atoms with Gasteiger partial charge in [-0.2, -0.15) is 4.98 Å². The minimum atomic E-state index is -4.05. The predicted molar refractivity (Wildman–Crippen MR) is 268 cm³/mol. The number of halogens is 1. The van der Waals surface area contributed by atoms with E-state index in [2.05, 4.69) is 51.9 Å². The minimum Gasteiger partial charge on any atom is -0.492 e. The number of fused-ring (bicyclic) bond motifs is 2. The average Bonchev–Trinajstić information content (AvgIpc) is 3.34. The number of aliphatic hydroxyl groups excluding tert-OH is 1. The zero-order valence-corrected chi connectivity index (χ0v) is 41.2. The Morgan fingerprint density at radius 2 is 1.54 bits per heavy atom. The molecule has 6 N–H and O–H groups in total. The van der Waals surface area contributed by atoms with Gasteiger partial charge in [0.05, 0.1) is 52.1 Å². The van der Waals surface area contributed by atoms with Crippen LogP contribution >= 0.6 is 15.9 Å². The molecule has 3 atom stereocenters. The van der Waals surface area contributed by atoms with Crippen molar-refractivity contribution in [2.45, 2.75) is 68.0 Å².